The van der Waals surface area contributed by atoms with Crippen LogP contribution in [0.4, 0.5) is 32.2 Å². The molecule has 1 aliphatic carbocycles. The topological polar surface area (TPSA) is 45.2 Å². The second-order valence-electron chi connectivity index (χ2n) is 8.67. The maximum absolute atomic E-state index is 14.3. The number of nitrogens with zero attached hydrogens (tertiary/aromatic N) is 2. The largest absolute Gasteiger partial charge is 0.433 e. The normalized spacial score (nSPS) is 20.9. The molecule has 1 aromatic carbocycles. The predicted octanol–water partition coefficient (Wildman–Crippen LogP) is 6.80. The van der Waals surface area contributed by atoms with E-state index in [1.54, 1.807) is 0 Å². The molecule has 0 radical (unpaired) electrons. The molecule has 4 nitrogen and oxygen atoms in total. The Morgan fingerprint density at radius 3 is 2.26 bits per heavy atom. The maximum atomic E-state index is 14.3. The molecule has 2 aromatic rings. The second-order valence-corrected chi connectivity index (χ2v) is 9.86. The van der Waals surface area contributed by atoms with E-state index in [0.29, 0.717) is 12.8 Å². The van der Waals surface area contributed by atoms with Gasteiger partial charge < -0.3 is 10.2 Å². The molecule has 0 bridgehead atoms. The van der Waals surface area contributed by atoms with Gasteiger partial charge in [0, 0.05) is 31.1 Å². The van der Waals surface area contributed by atoms with Gasteiger partial charge in [0.1, 0.15) is 11.2 Å². The van der Waals surface area contributed by atoms with E-state index in [0.717, 1.165) is 23.1 Å². The molecule has 0 spiro atoms. The van der Waals surface area contributed by atoms with Crippen molar-refractivity contribution in [3.8, 4) is 0 Å². The number of aromatic nitrogens is 1. The van der Waals surface area contributed by atoms with Gasteiger partial charge >= 0.3 is 12.4 Å². The zero-order valence-electron chi connectivity index (χ0n) is 17.8. The minimum absolute atomic E-state index is 0.0925. The van der Waals surface area contributed by atoms with Gasteiger partial charge in [0.15, 0.2) is 5.69 Å². The van der Waals surface area contributed by atoms with Gasteiger partial charge in [-0.15, -0.1) is 0 Å². The lowest BCUT2D eigenvalue weighted by molar-refractivity contribution is -0.184. The van der Waals surface area contributed by atoms with Gasteiger partial charge in [0.25, 0.3) is 0 Å². The number of rotatable bonds is 5. The van der Waals surface area contributed by atoms with E-state index in [2.05, 4.69) is 10.3 Å². The van der Waals surface area contributed by atoms with Gasteiger partial charge in [-0.2, -0.15) is 26.3 Å². The van der Waals surface area contributed by atoms with Crippen molar-refractivity contribution >= 4 is 46.5 Å². The summed E-state index contributed by atoms with van der Waals surface area (Å²) in [4.78, 5) is 16.6. The van der Waals surface area contributed by atoms with Crippen molar-refractivity contribution in [2.45, 2.75) is 43.6 Å². The first kappa shape index (κ1) is 26.2. The van der Waals surface area contributed by atoms with Crippen molar-refractivity contribution in [3.63, 3.8) is 0 Å². The molecule has 1 amide bonds. The third-order valence-corrected chi connectivity index (χ3v) is 7.50. The number of anilines is 1. The second kappa shape index (κ2) is 9.19. The number of alkyl halides is 6. The third-order valence-electron chi connectivity index (χ3n) is 6.31. The summed E-state index contributed by atoms with van der Waals surface area (Å²) < 4.78 is 84.2. The van der Waals surface area contributed by atoms with E-state index in [1.807, 2.05) is 0 Å². The number of amides is 1. The predicted molar refractivity (Wildman–Crippen MR) is 120 cm³/mol. The van der Waals surface area contributed by atoms with Crippen LogP contribution in [0.3, 0.4) is 0 Å². The first-order valence-electron chi connectivity index (χ1n) is 10.5. The van der Waals surface area contributed by atoms with E-state index >= 15 is 0 Å². The van der Waals surface area contributed by atoms with Crippen LogP contribution < -0.4 is 10.2 Å². The van der Waals surface area contributed by atoms with Crippen LogP contribution in [-0.2, 0) is 22.9 Å². The Kier molecular flexibility index (Phi) is 6.87. The molecule has 1 saturated carbocycles. The van der Waals surface area contributed by atoms with E-state index in [-0.39, 0.29) is 56.9 Å². The van der Waals surface area contributed by atoms with Crippen LogP contribution in [0.2, 0.25) is 15.1 Å². The molecule has 2 fully saturated rings. The van der Waals surface area contributed by atoms with Gasteiger partial charge in [-0.3, -0.25) is 4.79 Å². The van der Waals surface area contributed by atoms with Gasteiger partial charge in [0.2, 0.25) is 5.91 Å². The van der Waals surface area contributed by atoms with Crippen LogP contribution in [0.5, 0.6) is 0 Å². The van der Waals surface area contributed by atoms with Crippen LogP contribution in [0, 0.1) is 5.92 Å². The Balaban J connectivity index is 1.65. The lowest BCUT2D eigenvalue weighted by atomic mass is 9.79. The first-order valence-corrected chi connectivity index (χ1v) is 11.7. The molecule has 35 heavy (non-hydrogen) atoms. The van der Waals surface area contributed by atoms with E-state index in [1.165, 1.54) is 6.07 Å². The van der Waals surface area contributed by atoms with E-state index in [9.17, 15) is 31.1 Å². The molecule has 1 aliphatic heterocycles. The summed E-state index contributed by atoms with van der Waals surface area (Å²) in [5.74, 6) is -0.782. The highest BCUT2D eigenvalue weighted by Crippen LogP contribution is 2.50. The molecule has 4 rings (SSSR count). The summed E-state index contributed by atoms with van der Waals surface area (Å²) in [6.45, 7) is -1.28. The average molecular weight is 561 g/mol. The zero-order valence-corrected chi connectivity index (χ0v) is 20.1. The molecule has 1 N–H and O–H groups in total. The summed E-state index contributed by atoms with van der Waals surface area (Å²) in [6.07, 6.45) is -8.70. The molecule has 190 valence electrons. The Hall–Kier alpha value is -1.91. The number of halogens is 9. The Morgan fingerprint density at radius 2 is 1.71 bits per heavy atom. The molecular weight excluding hydrogens is 543 g/mol. The first-order chi connectivity index (χ1) is 16.2. The highest BCUT2D eigenvalue weighted by Gasteiger charge is 2.59. The van der Waals surface area contributed by atoms with Crippen LogP contribution in [0.1, 0.15) is 36.1 Å². The van der Waals surface area contributed by atoms with Crippen molar-refractivity contribution in [1.29, 1.82) is 0 Å². The van der Waals surface area contributed by atoms with Crippen molar-refractivity contribution in [2.75, 3.05) is 18.0 Å². The molecule has 2 aliphatic rings. The number of carbonyl (C=O) groups is 1. The quantitative estimate of drug-likeness (QED) is 0.323. The van der Waals surface area contributed by atoms with Crippen molar-refractivity contribution in [2.24, 2.45) is 5.92 Å². The molecule has 1 unspecified atom stereocenters. The third kappa shape index (κ3) is 5.15. The summed E-state index contributed by atoms with van der Waals surface area (Å²) in [5, 5.41) is 2.04. The van der Waals surface area contributed by atoms with Crippen molar-refractivity contribution in [1.82, 2.24) is 10.3 Å². The fourth-order valence-corrected chi connectivity index (χ4v) is 4.78. The summed E-state index contributed by atoms with van der Waals surface area (Å²) >= 11 is 17.8. The van der Waals surface area contributed by atoms with Crippen molar-refractivity contribution < 1.29 is 31.1 Å². The lowest BCUT2D eigenvalue weighted by Crippen LogP contribution is -2.45. The Bertz CT molecular complexity index is 1130. The molecular formula is C22H18Cl3F6N3O. The SMILES string of the molecule is O=C(NCc1ccc(N2CCC(c3cc(Cl)c(Cl)c(Cl)c3)(C(F)(F)F)C2)nc1C(F)(F)F)C1CC1. The number of benzene rings is 1. The maximum Gasteiger partial charge on any atom is 0.433 e. The average Bonchev–Trinajstić information content (AvgIpc) is 3.51. The van der Waals surface area contributed by atoms with Crippen LogP contribution >= 0.6 is 34.8 Å². The van der Waals surface area contributed by atoms with Gasteiger partial charge in [-0.1, -0.05) is 40.9 Å². The highest BCUT2D eigenvalue weighted by molar-refractivity contribution is 6.48. The van der Waals surface area contributed by atoms with E-state index in [4.69, 9.17) is 34.8 Å². The summed E-state index contributed by atoms with van der Waals surface area (Å²) in [7, 11) is 0. The monoisotopic (exact) mass is 559 g/mol. The molecule has 1 aromatic heterocycles. The van der Waals surface area contributed by atoms with Gasteiger partial charge in [-0.25, -0.2) is 4.98 Å². The Morgan fingerprint density at radius 1 is 1.09 bits per heavy atom. The van der Waals surface area contributed by atoms with Crippen LogP contribution in [-0.4, -0.2) is 30.2 Å². The zero-order chi connectivity index (χ0) is 25.8. The number of carbonyl (C=O) groups excluding carboxylic acids is 1. The minimum Gasteiger partial charge on any atom is -0.355 e. The lowest BCUT2D eigenvalue weighted by Gasteiger charge is -2.33. The van der Waals surface area contributed by atoms with Crippen LogP contribution in [0.25, 0.3) is 0 Å². The molecule has 1 atom stereocenters. The summed E-state index contributed by atoms with van der Waals surface area (Å²) in [6, 6.07) is 4.50. The van der Waals surface area contributed by atoms with Crippen LogP contribution in [0.15, 0.2) is 24.3 Å². The molecule has 2 heterocycles. The number of hydrogen-bond acceptors (Lipinski definition) is 3. The fourth-order valence-electron chi connectivity index (χ4n) is 4.18. The minimum atomic E-state index is -4.87. The Labute approximate surface area is 211 Å². The highest BCUT2D eigenvalue weighted by atomic mass is 35.5. The smallest absolute Gasteiger partial charge is 0.355 e. The summed E-state index contributed by atoms with van der Waals surface area (Å²) in [5.41, 5.74) is -4.20. The number of pyridine rings is 1. The van der Waals surface area contributed by atoms with E-state index < -0.39 is 36.4 Å². The standard InChI is InChI=1S/C22H18Cl3F6N3O/c23-14-7-13(8-15(24)17(14)25)20(22(29,30)31)5-6-34(10-20)16-4-3-12(18(33-16)21(26,27)28)9-32-19(35)11-1-2-11/h3-4,7-8,11H,1-2,5-6,9-10H2,(H,32,35). The molecule has 1 saturated heterocycles. The van der Waals surface area contributed by atoms with Gasteiger partial charge in [0.05, 0.1) is 15.1 Å². The number of hydrogen-bond donors (Lipinski definition) is 1. The number of nitrogens with one attached hydrogen (secondary N) is 1. The fraction of sp³-hybridized carbons (Fsp3) is 0.455. The molecule has 13 heteroatoms. The van der Waals surface area contributed by atoms with Crippen molar-refractivity contribution in [3.05, 3.63) is 56.2 Å². The van der Waals surface area contributed by atoms with Gasteiger partial charge in [-0.05, 0) is 43.0 Å².